The standard InChI is InChI=1S/C17H17N3O3.C17H17N3O2.C16H15ClN2O2.C15H13N3O2.C13H11N3O2/c1-10(20-6-8-23-9-7-20)17-18-13-11-4-2-3-5-12(11)15(21)16(22)14(13)19-17;1-10(20-8-4-5-9-20)17-18-13-11-6-2-3-7-12(11)15(21)16(22)14(13)19-17;1-9(2)16-18-12-10-5-3-4-6-11(10)14(20)15(21)13(12)19(16)8-7-17;19-13-10-6-2-1-5-9(10)11-12(14(13)20)17-15(16-11)18-7-3-4-8-18;1-16(2)13-14-9-7-5-3-4-6-8(7)11(17)12(18)10(9)15-13/h2-5,10H,6-9H2,1H3,(H,18,19);2-3,6-7,10H,4-5,8-9H2,1H3,(H,18,19);3-6,9H,7-8H2,1-2H3;1-2,5-6H,3-4,7-8H2,(H,16,17);3-6H,1-2H3,(H,14,15). The highest BCUT2D eigenvalue weighted by molar-refractivity contribution is 6.55. The zero-order valence-corrected chi connectivity index (χ0v) is 58.8. The van der Waals surface area contributed by atoms with Crippen LogP contribution in [0.15, 0.2) is 121 Å². The number of hydrogen-bond donors (Lipinski definition) is 4. The average Bonchev–Trinajstić information content (AvgIpc) is 1.60. The first kappa shape index (κ1) is 69.7. The summed E-state index contributed by atoms with van der Waals surface area (Å²) < 4.78 is 7.17. The van der Waals surface area contributed by atoms with E-state index in [1.54, 1.807) is 76.2 Å². The van der Waals surface area contributed by atoms with E-state index in [0.717, 1.165) is 91.8 Å². The number of halogens is 1. The van der Waals surface area contributed by atoms with Gasteiger partial charge in [-0.25, -0.2) is 24.9 Å². The number of imidazole rings is 5. The molecule has 5 aliphatic carbocycles. The highest BCUT2D eigenvalue weighted by atomic mass is 35.5. The molecule has 0 spiro atoms. The van der Waals surface area contributed by atoms with Crippen LogP contribution in [0.25, 0.3) is 56.3 Å². The maximum atomic E-state index is 12.5. The van der Waals surface area contributed by atoms with E-state index in [1.165, 1.54) is 12.8 Å². The minimum atomic E-state index is -0.524. The fourth-order valence-electron chi connectivity index (χ4n) is 14.3. The third-order valence-electron chi connectivity index (χ3n) is 19.8. The van der Waals surface area contributed by atoms with Crippen LogP contribution in [0, 0.1) is 0 Å². The number of aromatic amines is 4. The van der Waals surface area contributed by atoms with Crippen molar-refractivity contribution in [2.45, 2.75) is 77.9 Å². The van der Waals surface area contributed by atoms with Gasteiger partial charge in [0.05, 0.1) is 25.3 Å². The number of Topliss-reactive ketones (excluding diaryl/α,β-unsaturated/α-hetero) is 10. The van der Waals surface area contributed by atoms with E-state index in [2.05, 4.69) is 66.5 Å². The summed E-state index contributed by atoms with van der Waals surface area (Å²) >= 11 is 5.85. The maximum absolute atomic E-state index is 12.5. The van der Waals surface area contributed by atoms with Crippen LogP contribution in [0.4, 0.5) is 11.9 Å². The number of likely N-dealkylation sites (tertiary alicyclic amines) is 1. The number of nitrogens with zero attached hydrogens (tertiary/aromatic N) is 10. The van der Waals surface area contributed by atoms with Gasteiger partial charge in [-0.1, -0.05) is 135 Å². The van der Waals surface area contributed by atoms with Gasteiger partial charge >= 0.3 is 0 Å². The molecule has 5 aromatic heterocycles. The highest BCUT2D eigenvalue weighted by Gasteiger charge is 2.40. The van der Waals surface area contributed by atoms with Crippen LogP contribution in [-0.2, 0) is 11.3 Å². The molecule has 0 saturated carbocycles. The molecule has 26 heteroatoms. The van der Waals surface area contributed by atoms with Crippen LogP contribution in [-0.4, -0.2) is 190 Å². The Morgan fingerprint density at radius 2 is 0.750 bits per heavy atom. The molecule has 528 valence electrons. The molecule has 10 aromatic rings. The number of hydrogen-bond acceptors (Lipinski definition) is 20. The lowest BCUT2D eigenvalue weighted by molar-refractivity contribution is 0.0183. The van der Waals surface area contributed by atoms with Gasteiger partial charge in [-0.2, -0.15) is 0 Å². The first-order valence-electron chi connectivity index (χ1n) is 34.7. The number of ether oxygens (including phenoxy) is 1. The predicted molar refractivity (Wildman–Crippen MR) is 388 cm³/mol. The molecule has 3 saturated heterocycles. The molecule has 0 radical (unpaired) electrons. The number of carbonyl (C=O) groups is 10. The molecule has 3 aliphatic heterocycles. The van der Waals surface area contributed by atoms with E-state index in [0.29, 0.717) is 122 Å². The number of rotatable bonds is 9. The van der Waals surface area contributed by atoms with Gasteiger partial charge in [-0.15, -0.1) is 11.6 Å². The second kappa shape index (κ2) is 28.8. The van der Waals surface area contributed by atoms with Crippen molar-refractivity contribution < 1.29 is 52.7 Å². The first-order chi connectivity index (χ1) is 50.2. The molecule has 3 fully saturated rings. The van der Waals surface area contributed by atoms with Crippen LogP contribution in [0.3, 0.4) is 0 Å². The summed E-state index contributed by atoms with van der Waals surface area (Å²) in [5.74, 6) is -0.765. The number of fused-ring (bicyclic) bond motifs is 15. The molecule has 18 rings (SSSR count). The Kier molecular flexibility index (Phi) is 19.3. The average molecular weight is 1420 g/mol. The van der Waals surface area contributed by atoms with E-state index >= 15 is 0 Å². The number of aromatic nitrogens is 10. The van der Waals surface area contributed by atoms with E-state index < -0.39 is 57.8 Å². The molecule has 4 N–H and O–H groups in total. The number of nitrogens with one attached hydrogen (secondary N) is 4. The van der Waals surface area contributed by atoms with E-state index in [1.807, 2.05) is 89.5 Å². The zero-order chi connectivity index (χ0) is 72.9. The van der Waals surface area contributed by atoms with Crippen LogP contribution >= 0.6 is 11.6 Å². The summed E-state index contributed by atoms with van der Waals surface area (Å²) in [6.07, 6.45) is 4.67. The van der Waals surface area contributed by atoms with E-state index in [-0.39, 0.29) is 23.7 Å². The topological polar surface area (TPSA) is 325 Å². The Bertz CT molecular complexity index is 5190. The van der Waals surface area contributed by atoms with Gasteiger partial charge in [-0.3, -0.25) is 57.7 Å². The fraction of sp³-hybridized carbons (Fsp3) is 0.295. The second-order valence-corrected chi connectivity index (χ2v) is 27.2. The molecular weight excluding hydrogens is 1340 g/mol. The Labute approximate surface area is 601 Å². The Hall–Kier alpha value is -11.4. The molecule has 5 aromatic carbocycles. The first-order valence-corrected chi connectivity index (χ1v) is 35.2. The van der Waals surface area contributed by atoms with Gasteiger partial charge in [0, 0.05) is 114 Å². The summed E-state index contributed by atoms with van der Waals surface area (Å²) in [4.78, 5) is 165. The highest BCUT2D eigenvalue weighted by Crippen LogP contribution is 2.40. The Balaban J connectivity index is 0.000000110. The normalized spacial score (nSPS) is 16.7. The quantitative estimate of drug-likeness (QED) is 0.0770. The molecule has 0 amide bonds. The predicted octanol–water partition coefficient (Wildman–Crippen LogP) is 11.3. The Morgan fingerprint density at radius 3 is 1.15 bits per heavy atom. The molecule has 25 nitrogen and oxygen atoms in total. The molecule has 104 heavy (non-hydrogen) atoms. The lowest BCUT2D eigenvalue weighted by Gasteiger charge is -2.31. The third-order valence-corrected chi connectivity index (χ3v) is 20.0. The number of H-pyrrole nitrogens is 4. The molecule has 2 atom stereocenters. The summed E-state index contributed by atoms with van der Waals surface area (Å²) in [6.45, 7) is 15.7. The van der Waals surface area contributed by atoms with Crippen molar-refractivity contribution in [2.24, 2.45) is 0 Å². The lowest BCUT2D eigenvalue weighted by Crippen LogP contribution is -2.38. The number of anilines is 2. The molecule has 8 heterocycles. The number of ketones is 10. The summed E-state index contributed by atoms with van der Waals surface area (Å²) in [7, 11) is 3.64. The van der Waals surface area contributed by atoms with Crippen molar-refractivity contribution in [1.29, 1.82) is 0 Å². The van der Waals surface area contributed by atoms with Crippen molar-refractivity contribution in [3.8, 4) is 56.3 Å². The van der Waals surface area contributed by atoms with Gasteiger partial charge in [-0.05, 0) is 52.6 Å². The minimum absolute atomic E-state index is 0.0413. The van der Waals surface area contributed by atoms with Crippen molar-refractivity contribution in [3.63, 3.8) is 0 Å². The minimum Gasteiger partial charge on any atom is -0.379 e. The summed E-state index contributed by atoms with van der Waals surface area (Å²) in [5.41, 5.74) is 10.4. The largest absolute Gasteiger partial charge is 0.379 e. The number of morpholine rings is 1. The van der Waals surface area contributed by atoms with Crippen LogP contribution in [0.1, 0.15) is 193 Å². The summed E-state index contributed by atoms with van der Waals surface area (Å²) in [5, 5.41) is 0. The van der Waals surface area contributed by atoms with Gasteiger partial charge in [0.15, 0.2) is 0 Å². The van der Waals surface area contributed by atoms with E-state index in [9.17, 15) is 47.9 Å². The summed E-state index contributed by atoms with van der Waals surface area (Å²) in [6, 6.07) is 35.8. The van der Waals surface area contributed by atoms with E-state index in [4.69, 9.17) is 16.3 Å². The van der Waals surface area contributed by atoms with Gasteiger partial charge < -0.3 is 39.0 Å². The van der Waals surface area contributed by atoms with Gasteiger partial charge in [0.2, 0.25) is 40.8 Å². The van der Waals surface area contributed by atoms with Crippen molar-refractivity contribution in [3.05, 3.63) is 195 Å². The maximum Gasteiger partial charge on any atom is 0.252 e. The number of benzene rings is 5. The fourth-order valence-corrected chi connectivity index (χ4v) is 14.5. The molecule has 0 bridgehead atoms. The van der Waals surface area contributed by atoms with Crippen molar-refractivity contribution in [1.82, 2.24) is 59.2 Å². The number of alkyl halides is 1. The van der Waals surface area contributed by atoms with Crippen LogP contribution < -0.4 is 9.80 Å². The molecule has 2 unspecified atom stereocenters. The SMILES string of the molecule is CC(C)c1nc2c(n1CCCl)C(=O)C(=O)c1ccccc1-2.CC(c1nc2c([nH]1)C(=O)C(=O)c1ccccc1-2)N1CCCC1.CC(c1nc2c([nH]1)C(=O)C(=O)c1ccccc1-2)N1CCOCC1.CN(C)c1nc2c([nH]1)C(=O)C(=O)c1ccccc1-2.O=C1C(=O)c2[nH]c(N3CCCC3)nc2-c2ccccc21. The monoisotopic (exact) mass is 1420 g/mol. The van der Waals surface area contributed by atoms with Crippen molar-refractivity contribution in [2.75, 3.05) is 82.3 Å². The lowest BCUT2D eigenvalue weighted by atomic mass is 9.90. The second-order valence-electron chi connectivity index (χ2n) is 26.8. The smallest absolute Gasteiger partial charge is 0.252 e. The Morgan fingerprint density at radius 1 is 0.404 bits per heavy atom. The van der Waals surface area contributed by atoms with Crippen LogP contribution in [0.5, 0.6) is 0 Å². The molecule has 8 aliphatic rings. The van der Waals surface area contributed by atoms with Crippen molar-refractivity contribution >= 4 is 81.3 Å². The zero-order valence-electron chi connectivity index (χ0n) is 58.0. The van der Waals surface area contributed by atoms with Crippen LogP contribution in [0.2, 0.25) is 0 Å². The number of carbonyl (C=O) groups excluding carboxylic acids is 10. The van der Waals surface area contributed by atoms with Gasteiger partial charge in [0.1, 0.15) is 74.4 Å². The van der Waals surface area contributed by atoms with Gasteiger partial charge in [0.25, 0.3) is 28.9 Å². The third kappa shape index (κ3) is 12.6. The molecular formula is C78H73ClN14O11.